The van der Waals surface area contributed by atoms with E-state index in [1.165, 1.54) is 24.6 Å². The van der Waals surface area contributed by atoms with E-state index in [4.69, 9.17) is 5.11 Å². The molecule has 2 aromatic rings. The molecule has 2 unspecified atom stereocenters. The molecule has 1 heterocycles. The van der Waals surface area contributed by atoms with Gasteiger partial charge in [-0.3, -0.25) is 4.79 Å². The number of thioether (sulfide) groups is 1. The standard InChI is InChI=1S/C16H20N2O2S/c1-11-5-4-6-12(9-11)18-14-8-3-2-7-13(14)17-16(18)21-10-15(19)20/h2-3,7-8,11-12H,4-6,9-10H2,1H3,(H,19,20). The van der Waals surface area contributed by atoms with Crippen LogP contribution < -0.4 is 0 Å². The molecule has 0 bridgehead atoms. The van der Waals surface area contributed by atoms with Gasteiger partial charge in [0.2, 0.25) is 0 Å². The van der Waals surface area contributed by atoms with Gasteiger partial charge in [0.1, 0.15) is 0 Å². The first-order valence-electron chi connectivity index (χ1n) is 7.46. The third-order valence-corrected chi connectivity index (χ3v) is 5.10. The Bertz CT molecular complexity index is 653. The summed E-state index contributed by atoms with van der Waals surface area (Å²) in [4.78, 5) is 15.5. The molecular formula is C16H20N2O2S. The van der Waals surface area contributed by atoms with Crippen LogP contribution in [0.4, 0.5) is 0 Å². The van der Waals surface area contributed by atoms with Gasteiger partial charge in [-0.2, -0.15) is 0 Å². The van der Waals surface area contributed by atoms with Gasteiger partial charge in [0.05, 0.1) is 16.8 Å². The molecule has 0 spiro atoms. The van der Waals surface area contributed by atoms with E-state index in [0.717, 1.165) is 34.9 Å². The number of aliphatic carboxylic acids is 1. The van der Waals surface area contributed by atoms with Gasteiger partial charge in [-0.05, 0) is 30.9 Å². The van der Waals surface area contributed by atoms with Crippen molar-refractivity contribution in [2.75, 3.05) is 5.75 Å². The topological polar surface area (TPSA) is 55.1 Å². The Morgan fingerprint density at radius 1 is 1.43 bits per heavy atom. The average Bonchev–Trinajstić information content (AvgIpc) is 2.83. The SMILES string of the molecule is CC1CCCC(n2c(SCC(=O)O)nc3ccccc32)C1. The molecule has 2 atom stereocenters. The molecule has 1 saturated carbocycles. The lowest BCUT2D eigenvalue weighted by atomic mass is 9.87. The van der Waals surface area contributed by atoms with Gasteiger partial charge in [-0.1, -0.05) is 43.7 Å². The molecule has 1 fully saturated rings. The second-order valence-corrected chi connectivity index (χ2v) is 6.80. The molecule has 5 heteroatoms. The quantitative estimate of drug-likeness (QED) is 0.869. The molecular weight excluding hydrogens is 284 g/mol. The molecule has 1 aliphatic carbocycles. The first-order chi connectivity index (χ1) is 10.1. The van der Waals surface area contributed by atoms with Gasteiger partial charge < -0.3 is 9.67 Å². The zero-order valence-corrected chi connectivity index (χ0v) is 13.0. The van der Waals surface area contributed by atoms with Gasteiger partial charge in [0.25, 0.3) is 0 Å². The number of carboxylic acid groups (broad SMARTS) is 1. The second-order valence-electron chi connectivity index (χ2n) is 5.86. The molecule has 21 heavy (non-hydrogen) atoms. The Morgan fingerprint density at radius 2 is 2.24 bits per heavy atom. The summed E-state index contributed by atoms with van der Waals surface area (Å²) >= 11 is 1.33. The van der Waals surface area contributed by atoms with Crippen molar-refractivity contribution in [2.24, 2.45) is 5.92 Å². The average molecular weight is 304 g/mol. The van der Waals surface area contributed by atoms with Gasteiger partial charge in [0, 0.05) is 6.04 Å². The summed E-state index contributed by atoms with van der Waals surface area (Å²) in [6.07, 6.45) is 4.84. The van der Waals surface area contributed by atoms with Crippen LogP contribution in [0.2, 0.25) is 0 Å². The number of carboxylic acids is 1. The number of aromatic nitrogens is 2. The maximum atomic E-state index is 10.9. The smallest absolute Gasteiger partial charge is 0.313 e. The van der Waals surface area contributed by atoms with Crippen molar-refractivity contribution in [3.05, 3.63) is 24.3 Å². The number of hydrogen-bond acceptors (Lipinski definition) is 3. The minimum atomic E-state index is -0.796. The fourth-order valence-corrected chi connectivity index (χ4v) is 4.04. The predicted molar refractivity (Wildman–Crippen MR) is 84.8 cm³/mol. The summed E-state index contributed by atoms with van der Waals surface area (Å²) in [5, 5.41) is 9.78. The summed E-state index contributed by atoms with van der Waals surface area (Å²) in [5.41, 5.74) is 2.09. The van der Waals surface area contributed by atoms with E-state index in [0.29, 0.717) is 6.04 Å². The van der Waals surface area contributed by atoms with Crippen molar-refractivity contribution >= 4 is 28.8 Å². The van der Waals surface area contributed by atoms with Crippen molar-refractivity contribution in [1.29, 1.82) is 0 Å². The number of carbonyl (C=O) groups is 1. The van der Waals surface area contributed by atoms with Crippen molar-refractivity contribution in [1.82, 2.24) is 9.55 Å². The number of fused-ring (bicyclic) bond motifs is 1. The zero-order chi connectivity index (χ0) is 14.8. The number of rotatable bonds is 4. The highest BCUT2D eigenvalue weighted by Crippen LogP contribution is 2.37. The largest absolute Gasteiger partial charge is 0.481 e. The Kier molecular flexibility index (Phi) is 4.19. The van der Waals surface area contributed by atoms with Crippen LogP contribution >= 0.6 is 11.8 Å². The number of benzene rings is 1. The summed E-state index contributed by atoms with van der Waals surface area (Å²) < 4.78 is 2.28. The Labute approximate surface area is 128 Å². The zero-order valence-electron chi connectivity index (χ0n) is 12.2. The normalized spacial score (nSPS) is 22.5. The number of imidazole rings is 1. The van der Waals surface area contributed by atoms with Crippen molar-refractivity contribution in [2.45, 2.75) is 43.8 Å². The van der Waals surface area contributed by atoms with Gasteiger partial charge in [-0.25, -0.2) is 4.98 Å². The number of para-hydroxylation sites is 2. The van der Waals surface area contributed by atoms with Crippen molar-refractivity contribution in [3.8, 4) is 0 Å². The Balaban J connectivity index is 2.00. The fourth-order valence-electron chi connectivity index (χ4n) is 3.24. The summed E-state index contributed by atoms with van der Waals surface area (Å²) in [6, 6.07) is 8.54. The Morgan fingerprint density at radius 3 is 3.00 bits per heavy atom. The molecule has 0 aliphatic heterocycles. The third kappa shape index (κ3) is 3.07. The van der Waals surface area contributed by atoms with E-state index in [2.05, 4.69) is 22.5 Å². The molecule has 0 saturated heterocycles. The van der Waals surface area contributed by atoms with Crippen LogP contribution in [0.3, 0.4) is 0 Å². The van der Waals surface area contributed by atoms with E-state index in [1.54, 1.807) is 0 Å². The summed E-state index contributed by atoms with van der Waals surface area (Å²) in [7, 11) is 0. The monoisotopic (exact) mass is 304 g/mol. The minimum absolute atomic E-state index is 0.0611. The summed E-state index contributed by atoms with van der Waals surface area (Å²) in [6.45, 7) is 2.30. The number of hydrogen-bond donors (Lipinski definition) is 1. The molecule has 1 aromatic heterocycles. The van der Waals surface area contributed by atoms with Crippen LogP contribution in [-0.4, -0.2) is 26.4 Å². The molecule has 4 nitrogen and oxygen atoms in total. The van der Waals surface area contributed by atoms with Crippen LogP contribution in [0.15, 0.2) is 29.4 Å². The van der Waals surface area contributed by atoms with Crippen LogP contribution in [0.5, 0.6) is 0 Å². The molecule has 112 valence electrons. The molecule has 0 amide bonds. The third-order valence-electron chi connectivity index (χ3n) is 4.16. The first kappa shape index (κ1) is 14.4. The van der Waals surface area contributed by atoms with Crippen molar-refractivity contribution < 1.29 is 9.90 Å². The second kappa shape index (κ2) is 6.10. The maximum Gasteiger partial charge on any atom is 0.313 e. The summed E-state index contributed by atoms with van der Waals surface area (Å²) in [5.74, 6) is -0.0103. The van der Waals surface area contributed by atoms with Crippen LogP contribution in [0.1, 0.15) is 38.6 Å². The van der Waals surface area contributed by atoms with E-state index in [-0.39, 0.29) is 5.75 Å². The molecule has 3 rings (SSSR count). The lowest BCUT2D eigenvalue weighted by molar-refractivity contribution is -0.133. The Hall–Kier alpha value is -1.49. The van der Waals surface area contributed by atoms with Gasteiger partial charge >= 0.3 is 5.97 Å². The highest BCUT2D eigenvalue weighted by atomic mass is 32.2. The highest BCUT2D eigenvalue weighted by molar-refractivity contribution is 7.99. The van der Waals surface area contributed by atoms with E-state index in [1.807, 2.05) is 18.2 Å². The maximum absolute atomic E-state index is 10.9. The lowest BCUT2D eigenvalue weighted by Crippen LogP contribution is -2.18. The van der Waals surface area contributed by atoms with E-state index >= 15 is 0 Å². The molecule has 1 N–H and O–H groups in total. The minimum Gasteiger partial charge on any atom is -0.481 e. The van der Waals surface area contributed by atoms with Crippen LogP contribution in [0, 0.1) is 5.92 Å². The molecule has 0 radical (unpaired) electrons. The van der Waals surface area contributed by atoms with Gasteiger partial charge in [-0.15, -0.1) is 0 Å². The van der Waals surface area contributed by atoms with Gasteiger partial charge in [0.15, 0.2) is 5.16 Å². The van der Waals surface area contributed by atoms with Crippen molar-refractivity contribution in [3.63, 3.8) is 0 Å². The fraction of sp³-hybridized carbons (Fsp3) is 0.500. The van der Waals surface area contributed by atoms with E-state index < -0.39 is 5.97 Å². The molecule has 1 aliphatic rings. The molecule has 1 aromatic carbocycles. The van der Waals surface area contributed by atoms with E-state index in [9.17, 15) is 4.79 Å². The number of nitrogens with zero attached hydrogens (tertiary/aromatic N) is 2. The highest BCUT2D eigenvalue weighted by Gasteiger charge is 2.24. The van der Waals surface area contributed by atoms with Crippen LogP contribution in [-0.2, 0) is 4.79 Å². The predicted octanol–water partition coefficient (Wildman–Crippen LogP) is 3.96. The first-order valence-corrected chi connectivity index (χ1v) is 8.45. The lowest BCUT2D eigenvalue weighted by Gasteiger charge is -2.29. The van der Waals surface area contributed by atoms with Crippen LogP contribution in [0.25, 0.3) is 11.0 Å².